The first-order valence-corrected chi connectivity index (χ1v) is 6.30. The van der Waals surface area contributed by atoms with Gasteiger partial charge >= 0.3 is 0 Å². The summed E-state index contributed by atoms with van der Waals surface area (Å²) < 4.78 is 0.867. The van der Waals surface area contributed by atoms with Crippen molar-refractivity contribution < 1.29 is 0 Å². The summed E-state index contributed by atoms with van der Waals surface area (Å²) in [5.74, 6) is 1.11. The Bertz CT molecular complexity index is 392. The smallest absolute Gasteiger partial charge is 0.221 e. The summed E-state index contributed by atoms with van der Waals surface area (Å²) >= 11 is 3.42. The second kappa shape index (κ2) is 4.20. The number of nitrogen functional groups attached to an aromatic ring is 1. The fourth-order valence-electron chi connectivity index (χ4n) is 2.23. The average molecular weight is 285 g/mol. The van der Waals surface area contributed by atoms with Gasteiger partial charge in [-0.2, -0.15) is 4.98 Å². The fraction of sp³-hybridized carbons (Fsp3) is 0.636. The zero-order chi connectivity index (χ0) is 11.8. The van der Waals surface area contributed by atoms with Gasteiger partial charge in [0.05, 0.1) is 4.47 Å². The number of anilines is 2. The highest BCUT2D eigenvalue weighted by Gasteiger charge is 2.31. The third-order valence-corrected chi connectivity index (χ3v) is 3.65. The van der Waals surface area contributed by atoms with Gasteiger partial charge in [-0.15, -0.1) is 0 Å². The molecule has 2 rings (SSSR count). The van der Waals surface area contributed by atoms with Crippen LogP contribution in [0, 0.1) is 5.41 Å². The van der Waals surface area contributed by atoms with E-state index in [0.717, 1.165) is 10.3 Å². The van der Waals surface area contributed by atoms with Gasteiger partial charge in [-0.05, 0) is 40.6 Å². The van der Waals surface area contributed by atoms with Crippen molar-refractivity contribution in [2.75, 3.05) is 11.1 Å². The van der Waals surface area contributed by atoms with E-state index in [1.54, 1.807) is 6.20 Å². The molecule has 0 radical (unpaired) electrons. The van der Waals surface area contributed by atoms with E-state index in [4.69, 9.17) is 5.73 Å². The quantitative estimate of drug-likeness (QED) is 0.877. The van der Waals surface area contributed by atoms with Crippen LogP contribution in [0.2, 0.25) is 0 Å². The third kappa shape index (κ3) is 2.64. The summed E-state index contributed by atoms with van der Waals surface area (Å²) in [6, 6.07) is 0.487. The number of nitrogens with zero attached hydrogens (tertiary/aromatic N) is 2. The number of halogens is 1. The maximum Gasteiger partial charge on any atom is 0.221 e. The van der Waals surface area contributed by atoms with E-state index in [1.165, 1.54) is 19.3 Å². The molecule has 1 heterocycles. The predicted molar refractivity (Wildman–Crippen MR) is 69.2 cm³/mol. The number of hydrogen-bond acceptors (Lipinski definition) is 4. The summed E-state index contributed by atoms with van der Waals surface area (Å²) in [7, 11) is 0. The monoisotopic (exact) mass is 284 g/mol. The van der Waals surface area contributed by atoms with Crippen molar-refractivity contribution in [1.82, 2.24) is 9.97 Å². The van der Waals surface area contributed by atoms with Crippen molar-refractivity contribution >= 4 is 27.7 Å². The second-order valence-electron chi connectivity index (χ2n) is 5.17. The zero-order valence-corrected chi connectivity index (χ0v) is 11.2. The molecule has 1 aromatic heterocycles. The Morgan fingerprint density at radius 2 is 2.31 bits per heavy atom. The summed E-state index contributed by atoms with van der Waals surface area (Å²) in [5, 5.41) is 3.43. The molecular weight excluding hydrogens is 268 g/mol. The first-order chi connectivity index (χ1) is 7.46. The molecule has 1 unspecified atom stereocenters. The molecule has 1 saturated carbocycles. The Kier molecular flexibility index (Phi) is 3.06. The van der Waals surface area contributed by atoms with Crippen molar-refractivity contribution in [3.8, 4) is 0 Å². The van der Waals surface area contributed by atoms with Crippen LogP contribution in [0.1, 0.15) is 33.1 Å². The topological polar surface area (TPSA) is 63.8 Å². The molecule has 0 bridgehead atoms. The molecule has 1 atom stereocenters. The Labute approximate surface area is 104 Å². The van der Waals surface area contributed by atoms with Crippen LogP contribution < -0.4 is 11.1 Å². The number of hydrogen-bond donors (Lipinski definition) is 2. The van der Waals surface area contributed by atoms with Crippen molar-refractivity contribution in [1.29, 1.82) is 0 Å². The minimum absolute atomic E-state index is 0.308. The standard InChI is InChI=1S/C11H17BrN4/c1-11(2)4-3-7(5-11)15-9-8(12)6-14-10(13)16-9/h6-7H,3-5H2,1-2H3,(H3,13,14,15,16). The molecule has 0 amide bonds. The molecule has 1 aliphatic rings. The Morgan fingerprint density at radius 1 is 1.56 bits per heavy atom. The van der Waals surface area contributed by atoms with Gasteiger partial charge in [0.2, 0.25) is 5.95 Å². The lowest BCUT2D eigenvalue weighted by molar-refractivity contribution is 0.378. The number of aromatic nitrogens is 2. The fourth-order valence-corrected chi connectivity index (χ4v) is 2.54. The number of nitrogens with one attached hydrogen (secondary N) is 1. The number of rotatable bonds is 2. The van der Waals surface area contributed by atoms with E-state index in [2.05, 4.69) is 45.1 Å². The van der Waals surface area contributed by atoms with Crippen LogP contribution >= 0.6 is 15.9 Å². The minimum Gasteiger partial charge on any atom is -0.368 e. The van der Waals surface area contributed by atoms with Gasteiger partial charge in [0.15, 0.2) is 0 Å². The Balaban J connectivity index is 2.07. The van der Waals surface area contributed by atoms with Crippen LogP contribution in [-0.4, -0.2) is 16.0 Å². The molecule has 0 saturated heterocycles. The predicted octanol–water partition coefficient (Wildman–Crippen LogP) is 2.81. The van der Waals surface area contributed by atoms with Gasteiger partial charge in [-0.25, -0.2) is 4.98 Å². The first kappa shape index (κ1) is 11.6. The van der Waals surface area contributed by atoms with Gasteiger partial charge in [0.25, 0.3) is 0 Å². The second-order valence-corrected chi connectivity index (χ2v) is 6.03. The first-order valence-electron chi connectivity index (χ1n) is 5.51. The van der Waals surface area contributed by atoms with Crippen LogP contribution in [0.25, 0.3) is 0 Å². The summed E-state index contributed by atoms with van der Waals surface area (Å²) in [5.41, 5.74) is 6.01. The maximum atomic E-state index is 5.57. The van der Waals surface area contributed by atoms with Gasteiger partial charge in [-0.3, -0.25) is 0 Å². The summed E-state index contributed by atoms with van der Waals surface area (Å²) in [4.78, 5) is 8.11. The van der Waals surface area contributed by atoms with Crippen molar-refractivity contribution in [2.45, 2.75) is 39.2 Å². The third-order valence-electron chi connectivity index (χ3n) is 3.07. The highest BCUT2D eigenvalue weighted by molar-refractivity contribution is 9.10. The Hall–Kier alpha value is -0.840. The minimum atomic E-state index is 0.308. The van der Waals surface area contributed by atoms with Crippen molar-refractivity contribution in [3.05, 3.63) is 10.7 Å². The molecule has 3 N–H and O–H groups in total. The molecule has 4 nitrogen and oxygen atoms in total. The molecule has 5 heteroatoms. The number of nitrogens with two attached hydrogens (primary N) is 1. The van der Waals surface area contributed by atoms with Crippen LogP contribution in [0.4, 0.5) is 11.8 Å². The van der Waals surface area contributed by atoms with E-state index in [1.807, 2.05) is 0 Å². The van der Waals surface area contributed by atoms with Crippen LogP contribution in [-0.2, 0) is 0 Å². The molecule has 1 aliphatic carbocycles. The molecule has 1 aromatic rings. The molecular formula is C11H17BrN4. The molecule has 0 aromatic carbocycles. The Morgan fingerprint density at radius 3 is 2.94 bits per heavy atom. The van der Waals surface area contributed by atoms with E-state index in [9.17, 15) is 0 Å². The van der Waals surface area contributed by atoms with Crippen LogP contribution in [0.5, 0.6) is 0 Å². The normalized spacial score (nSPS) is 23.3. The molecule has 0 aliphatic heterocycles. The SMILES string of the molecule is CC1(C)CCC(Nc2nc(N)ncc2Br)C1. The summed E-state index contributed by atoms with van der Waals surface area (Å²) in [6.45, 7) is 4.61. The van der Waals surface area contributed by atoms with Crippen LogP contribution in [0.15, 0.2) is 10.7 Å². The van der Waals surface area contributed by atoms with E-state index < -0.39 is 0 Å². The highest BCUT2D eigenvalue weighted by Crippen LogP contribution is 2.38. The maximum absolute atomic E-state index is 5.57. The molecule has 88 valence electrons. The van der Waals surface area contributed by atoms with Gasteiger partial charge in [-0.1, -0.05) is 13.8 Å². The lowest BCUT2D eigenvalue weighted by atomic mass is 9.92. The average Bonchev–Trinajstić information content (AvgIpc) is 2.52. The van der Waals surface area contributed by atoms with E-state index in [0.29, 0.717) is 17.4 Å². The van der Waals surface area contributed by atoms with Gasteiger partial charge in [0, 0.05) is 12.2 Å². The van der Waals surface area contributed by atoms with Gasteiger partial charge < -0.3 is 11.1 Å². The van der Waals surface area contributed by atoms with E-state index >= 15 is 0 Å². The zero-order valence-electron chi connectivity index (χ0n) is 9.63. The summed E-state index contributed by atoms with van der Waals surface area (Å²) in [6.07, 6.45) is 5.29. The van der Waals surface area contributed by atoms with Gasteiger partial charge in [0.1, 0.15) is 5.82 Å². The lowest BCUT2D eigenvalue weighted by Gasteiger charge is -2.18. The molecule has 16 heavy (non-hydrogen) atoms. The highest BCUT2D eigenvalue weighted by atomic mass is 79.9. The van der Waals surface area contributed by atoms with E-state index in [-0.39, 0.29) is 0 Å². The molecule has 1 fully saturated rings. The largest absolute Gasteiger partial charge is 0.368 e. The van der Waals surface area contributed by atoms with Crippen LogP contribution in [0.3, 0.4) is 0 Å². The lowest BCUT2D eigenvalue weighted by Crippen LogP contribution is -2.19. The molecule has 0 spiro atoms. The van der Waals surface area contributed by atoms with Crippen molar-refractivity contribution in [3.63, 3.8) is 0 Å². The van der Waals surface area contributed by atoms with Crippen molar-refractivity contribution in [2.24, 2.45) is 5.41 Å².